The number of nitrogens with zero attached hydrogens (tertiary/aromatic N) is 3. The number of likely N-dealkylation sites (N-methyl/N-ethyl adjacent to an activating group) is 2. The summed E-state index contributed by atoms with van der Waals surface area (Å²) in [5.41, 5.74) is 4.00. The third-order valence-electron chi connectivity index (χ3n) is 6.52. The van der Waals surface area contributed by atoms with Crippen LogP contribution < -0.4 is 19.7 Å². The number of methoxy groups -OCH3 is 1. The Labute approximate surface area is 190 Å². The zero-order valence-corrected chi connectivity index (χ0v) is 19.3. The van der Waals surface area contributed by atoms with Crippen LogP contribution in [0.2, 0.25) is 0 Å². The molecule has 2 heterocycles. The van der Waals surface area contributed by atoms with Crippen LogP contribution in [0.15, 0.2) is 42.5 Å². The number of nitrogens with one attached hydrogen (secondary N) is 1. The molecule has 7 heteroatoms. The molecule has 0 spiro atoms. The number of ether oxygens (including phenoxy) is 2. The van der Waals surface area contributed by atoms with Crippen molar-refractivity contribution in [2.24, 2.45) is 0 Å². The van der Waals surface area contributed by atoms with E-state index in [1.54, 1.807) is 19.2 Å². The Balaban J connectivity index is 1.39. The lowest BCUT2D eigenvalue weighted by Gasteiger charge is -2.38. The van der Waals surface area contributed by atoms with E-state index in [0.29, 0.717) is 12.3 Å². The number of hydrogen-bond donors (Lipinski definition) is 1. The number of hydrogen-bond acceptors (Lipinski definition) is 6. The Hall–Kier alpha value is -2.77. The molecule has 4 rings (SSSR count). The summed E-state index contributed by atoms with van der Waals surface area (Å²) in [7, 11) is 5.93. The van der Waals surface area contributed by atoms with Gasteiger partial charge in [-0.15, -0.1) is 0 Å². The highest BCUT2D eigenvalue weighted by molar-refractivity contribution is 5.77. The van der Waals surface area contributed by atoms with E-state index in [9.17, 15) is 4.79 Å². The predicted octanol–water partition coefficient (Wildman–Crippen LogP) is 2.17. The number of piperazine rings is 1. The van der Waals surface area contributed by atoms with Crippen LogP contribution in [-0.4, -0.2) is 82.8 Å². The maximum Gasteiger partial charge on any atom is 0.258 e. The molecule has 1 N–H and O–H groups in total. The first-order valence-electron chi connectivity index (χ1n) is 11.3. The Kier molecular flexibility index (Phi) is 7.17. The van der Waals surface area contributed by atoms with Gasteiger partial charge in [-0.05, 0) is 54.9 Å². The SMILES string of the molecule is COc1ccc(OCC(=O)NC[C@H](c2ccc3c(c2)CCN3C)N2CCN(C)CC2)cc1. The molecular formula is C25H34N4O3. The van der Waals surface area contributed by atoms with Gasteiger partial charge in [0.2, 0.25) is 0 Å². The Morgan fingerprint density at radius 1 is 1.00 bits per heavy atom. The van der Waals surface area contributed by atoms with Crippen LogP contribution in [0.4, 0.5) is 5.69 Å². The fraction of sp³-hybridized carbons (Fsp3) is 0.480. The van der Waals surface area contributed by atoms with Gasteiger partial charge in [0.05, 0.1) is 13.2 Å². The molecule has 172 valence electrons. The molecule has 0 saturated carbocycles. The fourth-order valence-corrected chi connectivity index (χ4v) is 4.47. The van der Waals surface area contributed by atoms with Gasteiger partial charge in [-0.2, -0.15) is 0 Å². The van der Waals surface area contributed by atoms with Gasteiger partial charge < -0.3 is 24.6 Å². The summed E-state index contributed by atoms with van der Waals surface area (Å²) in [6.07, 6.45) is 1.08. The van der Waals surface area contributed by atoms with Gasteiger partial charge in [0.15, 0.2) is 6.61 Å². The van der Waals surface area contributed by atoms with Crippen molar-refractivity contribution in [3.63, 3.8) is 0 Å². The maximum atomic E-state index is 12.5. The topological polar surface area (TPSA) is 57.3 Å². The van der Waals surface area contributed by atoms with Crippen molar-refractivity contribution in [2.75, 3.05) is 72.0 Å². The second-order valence-electron chi connectivity index (χ2n) is 8.68. The maximum absolute atomic E-state index is 12.5. The molecule has 1 saturated heterocycles. The lowest BCUT2D eigenvalue weighted by Crippen LogP contribution is -2.48. The number of fused-ring (bicyclic) bond motifs is 1. The Morgan fingerprint density at radius 2 is 1.72 bits per heavy atom. The van der Waals surface area contributed by atoms with E-state index in [-0.39, 0.29) is 18.6 Å². The van der Waals surface area contributed by atoms with Gasteiger partial charge in [0.25, 0.3) is 5.91 Å². The van der Waals surface area contributed by atoms with Crippen LogP contribution in [0.1, 0.15) is 17.2 Å². The van der Waals surface area contributed by atoms with Crippen molar-refractivity contribution >= 4 is 11.6 Å². The van der Waals surface area contributed by atoms with Crippen molar-refractivity contribution < 1.29 is 14.3 Å². The summed E-state index contributed by atoms with van der Waals surface area (Å²) in [5, 5.41) is 3.10. The van der Waals surface area contributed by atoms with Crippen molar-refractivity contribution in [1.82, 2.24) is 15.1 Å². The van der Waals surface area contributed by atoms with Gasteiger partial charge in [0, 0.05) is 52.0 Å². The minimum absolute atomic E-state index is 0.00321. The molecule has 2 aliphatic heterocycles. The molecule has 0 aromatic heterocycles. The second-order valence-corrected chi connectivity index (χ2v) is 8.68. The number of carbonyl (C=O) groups is 1. The molecule has 1 fully saturated rings. The predicted molar refractivity (Wildman–Crippen MR) is 127 cm³/mol. The van der Waals surface area contributed by atoms with E-state index in [0.717, 1.165) is 44.9 Å². The van der Waals surface area contributed by atoms with Gasteiger partial charge in [-0.3, -0.25) is 9.69 Å². The van der Waals surface area contributed by atoms with E-state index >= 15 is 0 Å². The smallest absolute Gasteiger partial charge is 0.258 e. The summed E-state index contributed by atoms with van der Waals surface area (Å²) in [4.78, 5) is 19.7. The Bertz CT molecular complexity index is 910. The third-order valence-corrected chi connectivity index (χ3v) is 6.52. The summed E-state index contributed by atoms with van der Waals surface area (Å²) in [6, 6.07) is 14.2. The van der Waals surface area contributed by atoms with E-state index < -0.39 is 0 Å². The van der Waals surface area contributed by atoms with Gasteiger partial charge >= 0.3 is 0 Å². The standard InChI is InChI=1S/C25H34N4O3/c1-27-12-14-29(15-13-27)24(19-4-9-23-20(16-19)10-11-28(23)2)17-26-25(30)18-32-22-7-5-21(31-3)6-8-22/h4-9,16,24H,10-15,17-18H2,1-3H3,(H,26,30)/t24-/m1/s1. The summed E-state index contributed by atoms with van der Waals surface area (Å²) in [5.74, 6) is 1.30. The summed E-state index contributed by atoms with van der Waals surface area (Å²) in [6.45, 7) is 5.71. The second kappa shape index (κ2) is 10.2. The van der Waals surface area contributed by atoms with Crippen LogP contribution in [-0.2, 0) is 11.2 Å². The monoisotopic (exact) mass is 438 g/mol. The molecule has 0 unspecified atom stereocenters. The van der Waals surface area contributed by atoms with Crippen LogP contribution in [0.25, 0.3) is 0 Å². The lowest BCUT2D eigenvalue weighted by atomic mass is 10.00. The molecular weight excluding hydrogens is 404 g/mol. The normalized spacial score (nSPS) is 17.7. The molecule has 0 radical (unpaired) electrons. The summed E-state index contributed by atoms with van der Waals surface area (Å²) >= 11 is 0. The first kappa shape index (κ1) is 22.4. The number of benzene rings is 2. The van der Waals surface area contributed by atoms with E-state index in [4.69, 9.17) is 9.47 Å². The van der Waals surface area contributed by atoms with Crippen LogP contribution in [0.5, 0.6) is 11.5 Å². The van der Waals surface area contributed by atoms with Crippen LogP contribution >= 0.6 is 0 Å². The number of rotatable bonds is 8. The third kappa shape index (κ3) is 5.34. The minimum Gasteiger partial charge on any atom is -0.497 e. The highest BCUT2D eigenvalue weighted by Gasteiger charge is 2.26. The number of carbonyl (C=O) groups excluding carboxylic acids is 1. The number of anilines is 1. The number of amides is 1. The van der Waals surface area contributed by atoms with Crippen molar-refractivity contribution in [3.05, 3.63) is 53.6 Å². The molecule has 2 aromatic carbocycles. The van der Waals surface area contributed by atoms with Crippen LogP contribution in [0, 0.1) is 0 Å². The highest BCUT2D eigenvalue weighted by atomic mass is 16.5. The largest absolute Gasteiger partial charge is 0.497 e. The van der Waals surface area contributed by atoms with E-state index in [1.807, 2.05) is 12.1 Å². The first-order chi connectivity index (χ1) is 15.5. The van der Waals surface area contributed by atoms with Crippen molar-refractivity contribution in [3.8, 4) is 11.5 Å². The first-order valence-corrected chi connectivity index (χ1v) is 11.3. The fourth-order valence-electron chi connectivity index (χ4n) is 4.47. The highest BCUT2D eigenvalue weighted by Crippen LogP contribution is 2.31. The lowest BCUT2D eigenvalue weighted by molar-refractivity contribution is -0.123. The summed E-state index contributed by atoms with van der Waals surface area (Å²) < 4.78 is 10.8. The van der Waals surface area contributed by atoms with Gasteiger partial charge in [0.1, 0.15) is 11.5 Å². The Morgan fingerprint density at radius 3 is 2.44 bits per heavy atom. The minimum atomic E-state index is -0.110. The van der Waals surface area contributed by atoms with Crippen LogP contribution in [0.3, 0.4) is 0 Å². The molecule has 1 atom stereocenters. The average molecular weight is 439 g/mol. The average Bonchev–Trinajstić information content (AvgIpc) is 3.19. The molecule has 7 nitrogen and oxygen atoms in total. The van der Waals surface area contributed by atoms with Crippen molar-refractivity contribution in [1.29, 1.82) is 0 Å². The van der Waals surface area contributed by atoms with Crippen molar-refractivity contribution in [2.45, 2.75) is 12.5 Å². The molecule has 32 heavy (non-hydrogen) atoms. The molecule has 1 amide bonds. The zero-order chi connectivity index (χ0) is 22.5. The molecule has 0 bridgehead atoms. The molecule has 2 aromatic rings. The van der Waals surface area contributed by atoms with E-state index in [1.165, 1.54) is 16.8 Å². The van der Waals surface area contributed by atoms with E-state index in [2.05, 4.69) is 52.3 Å². The zero-order valence-electron chi connectivity index (χ0n) is 19.3. The van der Waals surface area contributed by atoms with Gasteiger partial charge in [-0.1, -0.05) is 12.1 Å². The quantitative estimate of drug-likeness (QED) is 0.682. The molecule has 2 aliphatic rings. The van der Waals surface area contributed by atoms with Gasteiger partial charge in [-0.25, -0.2) is 0 Å². The molecule has 0 aliphatic carbocycles.